The number of carbonyl (C=O) groups excluding carboxylic acids is 1. The van der Waals surface area contributed by atoms with E-state index in [0.717, 1.165) is 18.2 Å². The van der Waals surface area contributed by atoms with Crippen LogP contribution in [0.4, 0.5) is 22.0 Å². The third kappa shape index (κ3) is 2.20. The summed E-state index contributed by atoms with van der Waals surface area (Å²) in [5.41, 5.74) is -0.711. The lowest BCUT2D eigenvalue weighted by molar-refractivity contribution is -0.0958. The molecule has 0 saturated heterocycles. The number of ketones is 1. The van der Waals surface area contributed by atoms with E-state index < -0.39 is 29.5 Å². The largest absolute Gasteiger partial charge is 0.368 e. The Labute approximate surface area is 87.9 Å². The van der Waals surface area contributed by atoms with E-state index in [1.165, 1.54) is 6.92 Å². The smallest absolute Gasteiger partial charge is 0.287 e. The minimum Gasteiger partial charge on any atom is -0.287 e. The van der Waals surface area contributed by atoms with E-state index in [0.29, 0.717) is 0 Å². The molecule has 6 heteroatoms. The minimum atomic E-state index is -4.75. The second-order valence-electron chi connectivity index (χ2n) is 3.21. The number of Topliss-reactive ketones (excluding diaryl/α,β-unsaturated/α-hetero) is 1. The molecule has 0 spiro atoms. The maximum absolute atomic E-state index is 12.7. The zero-order chi connectivity index (χ0) is 12.5. The molecule has 1 nitrogen and oxygen atoms in total. The first-order chi connectivity index (χ1) is 7.26. The Morgan fingerprint density at radius 3 is 2.31 bits per heavy atom. The van der Waals surface area contributed by atoms with Gasteiger partial charge in [-0.3, -0.25) is 4.79 Å². The molecule has 0 radical (unpaired) electrons. The molecule has 0 saturated carbocycles. The Hall–Kier alpha value is -1.46. The lowest BCUT2D eigenvalue weighted by Crippen LogP contribution is -2.36. The molecule has 0 N–H and O–H groups in total. The quantitative estimate of drug-likeness (QED) is 0.583. The van der Waals surface area contributed by atoms with Crippen LogP contribution in [0.3, 0.4) is 0 Å². The molecule has 0 fully saturated rings. The van der Waals surface area contributed by atoms with Gasteiger partial charge in [0.05, 0.1) is 0 Å². The SMILES string of the molecule is Cc1cc(F)ccc1C(=O)C(F)(F)C(F)F. The number of halogens is 5. The van der Waals surface area contributed by atoms with Gasteiger partial charge in [0.1, 0.15) is 5.82 Å². The van der Waals surface area contributed by atoms with Gasteiger partial charge in [0.15, 0.2) is 0 Å². The van der Waals surface area contributed by atoms with Crippen molar-refractivity contribution in [1.82, 2.24) is 0 Å². The number of rotatable bonds is 3. The van der Waals surface area contributed by atoms with Crippen LogP contribution in [0, 0.1) is 12.7 Å². The van der Waals surface area contributed by atoms with Gasteiger partial charge in [-0.15, -0.1) is 0 Å². The third-order valence-corrected chi connectivity index (χ3v) is 2.01. The zero-order valence-corrected chi connectivity index (χ0v) is 8.11. The van der Waals surface area contributed by atoms with Crippen LogP contribution in [0.2, 0.25) is 0 Å². The third-order valence-electron chi connectivity index (χ3n) is 2.01. The van der Waals surface area contributed by atoms with E-state index in [1.807, 2.05) is 0 Å². The van der Waals surface area contributed by atoms with E-state index in [9.17, 15) is 26.7 Å². The number of benzene rings is 1. The van der Waals surface area contributed by atoms with E-state index in [4.69, 9.17) is 0 Å². The van der Waals surface area contributed by atoms with Crippen molar-refractivity contribution < 1.29 is 26.7 Å². The van der Waals surface area contributed by atoms with Gasteiger partial charge in [-0.1, -0.05) is 0 Å². The van der Waals surface area contributed by atoms with Crippen LogP contribution in [0.1, 0.15) is 15.9 Å². The molecule has 0 unspecified atom stereocenters. The van der Waals surface area contributed by atoms with Crippen molar-refractivity contribution in [2.45, 2.75) is 19.3 Å². The van der Waals surface area contributed by atoms with Crippen molar-refractivity contribution in [2.24, 2.45) is 0 Å². The molecule has 0 aliphatic rings. The Balaban J connectivity index is 3.15. The second kappa shape index (κ2) is 4.19. The van der Waals surface area contributed by atoms with Crippen molar-refractivity contribution in [2.75, 3.05) is 0 Å². The number of aryl methyl sites for hydroxylation is 1. The van der Waals surface area contributed by atoms with Crippen molar-refractivity contribution in [3.63, 3.8) is 0 Å². The van der Waals surface area contributed by atoms with Gasteiger partial charge >= 0.3 is 12.3 Å². The Morgan fingerprint density at radius 2 is 1.88 bits per heavy atom. The molecule has 0 atom stereocenters. The molecule has 1 rings (SSSR count). The van der Waals surface area contributed by atoms with Gasteiger partial charge in [0.2, 0.25) is 5.78 Å². The van der Waals surface area contributed by atoms with Crippen molar-refractivity contribution in [1.29, 1.82) is 0 Å². The van der Waals surface area contributed by atoms with Crippen molar-refractivity contribution in [3.8, 4) is 0 Å². The van der Waals surface area contributed by atoms with Crippen molar-refractivity contribution in [3.05, 3.63) is 35.1 Å². The van der Waals surface area contributed by atoms with Gasteiger partial charge in [0.25, 0.3) is 0 Å². The maximum Gasteiger partial charge on any atom is 0.368 e. The Kier molecular flexibility index (Phi) is 3.30. The molecule has 0 aliphatic heterocycles. The standard InChI is InChI=1S/C10H7F5O/c1-5-4-6(11)2-3-7(5)8(16)10(14,15)9(12)13/h2-4,9H,1H3. The molecule has 0 heterocycles. The van der Waals surface area contributed by atoms with Crippen LogP contribution in [-0.2, 0) is 0 Å². The highest BCUT2D eigenvalue weighted by Gasteiger charge is 2.49. The maximum atomic E-state index is 12.7. The Morgan fingerprint density at radius 1 is 1.31 bits per heavy atom. The van der Waals surface area contributed by atoms with E-state index >= 15 is 0 Å². The normalized spacial score (nSPS) is 11.9. The first-order valence-electron chi connectivity index (χ1n) is 4.23. The minimum absolute atomic E-state index is 0.106. The summed E-state index contributed by atoms with van der Waals surface area (Å²) in [5, 5.41) is 0. The highest BCUT2D eigenvalue weighted by Crippen LogP contribution is 2.28. The summed E-state index contributed by atoms with van der Waals surface area (Å²) >= 11 is 0. The number of hydrogen-bond donors (Lipinski definition) is 0. The predicted octanol–water partition coefficient (Wildman–Crippen LogP) is 3.22. The average molecular weight is 238 g/mol. The lowest BCUT2D eigenvalue weighted by Gasteiger charge is -2.14. The van der Waals surface area contributed by atoms with Crippen LogP contribution in [0.25, 0.3) is 0 Å². The Bertz CT molecular complexity index is 414. The van der Waals surface area contributed by atoms with E-state index in [2.05, 4.69) is 0 Å². The fraction of sp³-hybridized carbons (Fsp3) is 0.300. The number of carbonyl (C=O) groups is 1. The van der Waals surface area contributed by atoms with Crippen LogP contribution in [0.5, 0.6) is 0 Å². The van der Waals surface area contributed by atoms with Gasteiger partial charge in [-0.2, -0.15) is 8.78 Å². The summed E-state index contributed by atoms with van der Waals surface area (Å²) in [4.78, 5) is 11.1. The number of alkyl halides is 4. The lowest BCUT2D eigenvalue weighted by atomic mass is 10.0. The van der Waals surface area contributed by atoms with Gasteiger partial charge in [-0.05, 0) is 30.7 Å². The molecule has 88 valence electrons. The van der Waals surface area contributed by atoms with Gasteiger partial charge in [0, 0.05) is 5.56 Å². The van der Waals surface area contributed by atoms with Crippen molar-refractivity contribution >= 4 is 5.78 Å². The molecule has 1 aromatic rings. The highest BCUT2D eigenvalue weighted by atomic mass is 19.3. The number of hydrogen-bond acceptors (Lipinski definition) is 1. The van der Waals surface area contributed by atoms with Crippen LogP contribution in [0.15, 0.2) is 18.2 Å². The molecule has 0 amide bonds. The van der Waals surface area contributed by atoms with Gasteiger partial charge in [-0.25, -0.2) is 13.2 Å². The molecular weight excluding hydrogens is 231 g/mol. The first-order valence-corrected chi connectivity index (χ1v) is 4.23. The fourth-order valence-corrected chi connectivity index (χ4v) is 1.16. The molecule has 0 bridgehead atoms. The summed E-state index contributed by atoms with van der Waals surface area (Å²) in [6, 6.07) is 2.36. The highest BCUT2D eigenvalue weighted by molar-refractivity contribution is 6.02. The predicted molar refractivity (Wildman–Crippen MR) is 46.4 cm³/mol. The molecule has 1 aromatic carbocycles. The second-order valence-corrected chi connectivity index (χ2v) is 3.21. The molecule has 16 heavy (non-hydrogen) atoms. The molecule has 0 aliphatic carbocycles. The fourth-order valence-electron chi connectivity index (χ4n) is 1.16. The summed E-state index contributed by atoms with van der Waals surface area (Å²) < 4.78 is 61.9. The van der Waals surface area contributed by atoms with Gasteiger partial charge < -0.3 is 0 Å². The zero-order valence-electron chi connectivity index (χ0n) is 8.11. The topological polar surface area (TPSA) is 17.1 Å². The summed E-state index contributed by atoms with van der Waals surface area (Å²) in [6.07, 6.45) is -4.08. The van der Waals surface area contributed by atoms with Crippen LogP contribution < -0.4 is 0 Å². The monoisotopic (exact) mass is 238 g/mol. The molecule has 0 aromatic heterocycles. The van der Waals surface area contributed by atoms with E-state index in [1.54, 1.807) is 0 Å². The summed E-state index contributed by atoms with van der Waals surface area (Å²) in [6.45, 7) is 1.19. The van der Waals surface area contributed by atoms with E-state index in [-0.39, 0.29) is 5.56 Å². The summed E-state index contributed by atoms with van der Waals surface area (Å²) in [5.74, 6) is -7.47. The first kappa shape index (κ1) is 12.6. The average Bonchev–Trinajstić information content (AvgIpc) is 2.16. The molecular formula is C10H7F5O. The van der Waals surface area contributed by atoms with Crippen LogP contribution >= 0.6 is 0 Å². The summed E-state index contributed by atoms with van der Waals surface area (Å²) in [7, 11) is 0. The van der Waals surface area contributed by atoms with Crippen LogP contribution in [-0.4, -0.2) is 18.1 Å².